The summed E-state index contributed by atoms with van der Waals surface area (Å²) in [4.78, 5) is 30.5. The van der Waals surface area contributed by atoms with Gasteiger partial charge in [0.05, 0.1) is 40.6 Å². The predicted molar refractivity (Wildman–Crippen MR) is 263 cm³/mol. The van der Waals surface area contributed by atoms with Crippen molar-refractivity contribution >= 4 is 44.6 Å². The molecule has 0 amide bonds. The molecule has 2 fully saturated rings. The number of unbranched alkanes of at least 4 members (excludes halogenated alkanes) is 2. The first kappa shape index (κ1) is 44.7. The number of piperazine rings is 2. The summed E-state index contributed by atoms with van der Waals surface area (Å²) in [5, 5.41) is 11.7. The number of fused-ring (bicyclic) bond motifs is 2. The first-order valence-corrected chi connectivity index (χ1v) is 24.6. The number of allylic oxidation sites excluding steroid dienone is 3. The van der Waals surface area contributed by atoms with Crippen LogP contribution in [-0.4, -0.2) is 110 Å². The lowest BCUT2D eigenvalue weighted by Crippen LogP contribution is -2.44. The van der Waals surface area contributed by atoms with Gasteiger partial charge in [-0.1, -0.05) is 116 Å². The molecule has 1 N–H and O–H groups in total. The summed E-state index contributed by atoms with van der Waals surface area (Å²) >= 11 is 3.48. The molecule has 2 aliphatic heterocycles. The molecule has 2 aliphatic carbocycles. The highest BCUT2D eigenvalue weighted by Gasteiger charge is 2.23. The smallest absolute Gasteiger partial charge is 0.186 e. The van der Waals surface area contributed by atoms with Crippen molar-refractivity contribution in [3.63, 3.8) is 0 Å². The minimum atomic E-state index is 0.0286. The maximum atomic E-state index is 9.53. The van der Waals surface area contributed by atoms with Crippen molar-refractivity contribution in [3.8, 4) is 21.4 Å². The Labute approximate surface area is 382 Å². The van der Waals surface area contributed by atoms with Crippen LogP contribution in [0.25, 0.3) is 33.1 Å². The molecule has 13 heteroatoms. The molecule has 6 heterocycles. The average molecular weight is 885 g/mol. The number of aliphatic hydroxyl groups is 1. The molecule has 0 radical (unpaired) electrons. The van der Waals surface area contributed by atoms with E-state index in [1.807, 2.05) is 12.4 Å². The van der Waals surface area contributed by atoms with Gasteiger partial charge >= 0.3 is 0 Å². The third kappa shape index (κ3) is 10.9. The number of hydrogen-bond donors (Lipinski definition) is 1. The van der Waals surface area contributed by atoms with E-state index in [9.17, 15) is 5.11 Å². The SMILES string of the molecule is C1=Cc2ccccc2C1.CCCCn1c(CC2=CCc3ccccc32)cnc1-c1cnc(N2CCN(C)CC2)s1.CCCCn1c(CO)cnc1-c1cnc(N2CCN(C)CC2)s1. The topological polar surface area (TPSA) is 94.6 Å². The van der Waals surface area contributed by atoms with Crippen LogP contribution in [0.4, 0.5) is 10.3 Å². The van der Waals surface area contributed by atoms with E-state index in [4.69, 9.17) is 9.97 Å². The van der Waals surface area contributed by atoms with Gasteiger partial charge in [0.1, 0.15) is 0 Å². The van der Waals surface area contributed by atoms with E-state index in [0.717, 1.165) is 136 Å². The largest absolute Gasteiger partial charge is 0.390 e. The Balaban J connectivity index is 0.000000148. The van der Waals surface area contributed by atoms with Crippen LogP contribution in [0.2, 0.25) is 0 Å². The van der Waals surface area contributed by atoms with Gasteiger partial charge in [-0.25, -0.2) is 19.9 Å². The van der Waals surface area contributed by atoms with E-state index in [2.05, 4.69) is 140 Å². The predicted octanol–water partition coefficient (Wildman–Crippen LogP) is 9.05. The molecule has 6 aromatic rings. The summed E-state index contributed by atoms with van der Waals surface area (Å²) in [7, 11) is 4.35. The number of aromatic nitrogens is 6. The van der Waals surface area contributed by atoms with Gasteiger partial charge in [-0.15, -0.1) is 0 Å². The minimum Gasteiger partial charge on any atom is -0.390 e. The van der Waals surface area contributed by atoms with Crippen LogP contribution in [0.5, 0.6) is 0 Å². The van der Waals surface area contributed by atoms with Gasteiger partial charge in [-0.3, -0.25) is 0 Å². The molecule has 2 saturated heterocycles. The minimum absolute atomic E-state index is 0.0286. The van der Waals surface area contributed by atoms with Crippen molar-refractivity contribution in [1.29, 1.82) is 0 Å². The molecular weight excluding hydrogens is 821 g/mol. The normalized spacial score (nSPS) is 16.0. The number of likely N-dealkylation sites (N-methyl/N-ethyl adjacent to an activating group) is 2. The fourth-order valence-corrected chi connectivity index (χ4v) is 10.5. The Kier molecular flexibility index (Phi) is 15.3. The third-order valence-electron chi connectivity index (χ3n) is 12.5. The number of aliphatic hydroxyl groups excluding tert-OH is 1. The molecule has 0 atom stereocenters. The number of nitrogens with zero attached hydrogens (tertiary/aromatic N) is 10. The number of benzene rings is 2. The lowest BCUT2D eigenvalue weighted by molar-refractivity contribution is 0.270. The first-order chi connectivity index (χ1) is 30.9. The first-order valence-electron chi connectivity index (χ1n) is 22.9. The number of anilines is 2. The zero-order chi connectivity index (χ0) is 43.5. The van der Waals surface area contributed by atoms with Gasteiger partial charge in [-0.2, -0.15) is 0 Å². The fourth-order valence-electron chi connectivity index (χ4n) is 8.55. The lowest BCUT2D eigenvalue weighted by atomic mass is 10.0. The summed E-state index contributed by atoms with van der Waals surface area (Å²) in [6.07, 6.45) is 22.2. The Bertz CT molecular complexity index is 2440. The van der Waals surface area contributed by atoms with Crippen molar-refractivity contribution in [3.05, 3.63) is 119 Å². The zero-order valence-electron chi connectivity index (χ0n) is 37.6. The molecule has 0 bridgehead atoms. The van der Waals surface area contributed by atoms with E-state index in [1.165, 1.54) is 44.8 Å². The molecule has 4 aromatic heterocycles. The molecule has 63 heavy (non-hydrogen) atoms. The van der Waals surface area contributed by atoms with Crippen molar-refractivity contribution in [2.45, 2.75) is 78.5 Å². The van der Waals surface area contributed by atoms with Gasteiger partial charge < -0.3 is 33.8 Å². The van der Waals surface area contributed by atoms with Gasteiger partial charge in [-0.05, 0) is 67.6 Å². The standard InChI is InChI=1S/C25H31N5S.C16H25N5OS.C9H8/c1-3-4-11-30-21(16-20-10-9-19-7-5-6-8-22(19)20)17-26-24(30)23-18-27-25(31-23)29-14-12-28(2)13-15-29;1-3-4-5-21-13(12-22)10-17-15(21)14-11-18-16(23-14)20-8-6-19(2)7-9-20;1-2-5-9-7-3-6-8(9)4-1/h5-8,10,17-18H,3-4,9,11-16H2,1-2H3;10-11,22H,3-9,12H2,1-2H3;1-6H,7H2. The summed E-state index contributed by atoms with van der Waals surface area (Å²) in [6.45, 7) is 14.9. The Morgan fingerprint density at radius 2 is 1.14 bits per heavy atom. The van der Waals surface area contributed by atoms with Crippen LogP contribution in [0.1, 0.15) is 73.2 Å². The van der Waals surface area contributed by atoms with Crippen molar-refractivity contribution in [2.24, 2.45) is 0 Å². The van der Waals surface area contributed by atoms with Crippen LogP contribution < -0.4 is 9.80 Å². The highest BCUT2D eigenvalue weighted by atomic mass is 32.1. The molecule has 11 nitrogen and oxygen atoms in total. The summed E-state index contributed by atoms with van der Waals surface area (Å²) in [6, 6.07) is 17.3. The highest BCUT2D eigenvalue weighted by Crippen LogP contribution is 2.35. The van der Waals surface area contributed by atoms with E-state index in [-0.39, 0.29) is 6.61 Å². The number of hydrogen-bond acceptors (Lipinski definition) is 11. The van der Waals surface area contributed by atoms with E-state index >= 15 is 0 Å². The lowest BCUT2D eigenvalue weighted by Gasteiger charge is -2.32. The van der Waals surface area contributed by atoms with E-state index < -0.39 is 0 Å². The Hall–Kier alpha value is -4.92. The molecule has 0 unspecified atom stereocenters. The van der Waals surface area contributed by atoms with Crippen LogP contribution in [-0.2, 0) is 39.0 Å². The second-order valence-corrected chi connectivity index (χ2v) is 19.0. The second-order valence-electron chi connectivity index (χ2n) is 17.0. The van der Waals surface area contributed by atoms with Gasteiger partial charge in [0.15, 0.2) is 21.9 Å². The molecular formula is C50H64N10OS2. The van der Waals surface area contributed by atoms with Crippen LogP contribution in [0.15, 0.2) is 85.5 Å². The molecule has 0 spiro atoms. The summed E-state index contributed by atoms with van der Waals surface area (Å²) in [5.74, 6) is 2.01. The molecule has 10 rings (SSSR count). The van der Waals surface area contributed by atoms with Gasteiger partial charge in [0.2, 0.25) is 0 Å². The molecule has 332 valence electrons. The van der Waals surface area contributed by atoms with Gasteiger partial charge in [0.25, 0.3) is 0 Å². The Morgan fingerprint density at radius 1 is 0.603 bits per heavy atom. The summed E-state index contributed by atoms with van der Waals surface area (Å²) in [5.41, 5.74) is 9.31. The van der Waals surface area contributed by atoms with E-state index in [0.29, 0.717) is 0 Å². The molecule has 2 aromatic carbocycles. The van der Waals surface area contributed by atoms with Crippen LogP contribution >= 0.6 is 22.7 Å². The van der Waals surface area contributed by atoms with Crippen molar-refractivity contribution < 1.29 is 5.11 Å². The van der Waals surface area contributed by atoms with Crippen molar-refractivity contribution in [2.75, 3.05) is 76.3 Å². The zero-order valence-corrected chi connectivity index (χ0v) is 39.3. The quantitative estimate of drug-likeness (QED) is 0.122. The molecule has 4 aliphatic rings. The summed E-state index contributed by atoms with van der Waals surface area (Å²) < 4.78 is 4.57. The number of rotatable bonds is 13. The van der Waals surface area contributed by atoms with E-state index in [1.54, 1.807) is 28.9 Å². The third-order valence-corrected chi connectivity index (χ3v) is 14.6. The van der Waals surface area contributed by atoms with Crippen LogP contribution in [0.3, 0.4) is 0 Å². The monoisotopic (exact) mass is 884 g/mol. The maximum Gasteiger partial charge on any atom is 0.186 e. The Morgan fingerprint density at radius 3 is 1.71 bits per heavy atom. The highest BCUT2D eigenvalue weighted by molar-refractivity contribution is 7.19. The number of thiazole rings is 2. The molecule has 0 saturated carbocycles. The van der Waals surface area contributed by atoms with Gasteiger partial charge in [0, 0.05) is 83.8 Å². The second kappa shape index (κ2) is 21.6. The fraction of sp³-hybridized carbons (Fsp3) is 0.440. The average Bonchev–Trinajstić information content (AvgIpc) is 4.19. The van der Waals surface area contributed by atoms with Crippen LogP contribution in [0, 0.1) is 0 Å². The number of imidazole rings is 2. The maximum absolute atomic E-state index is 9.53. The van der Waals surface area contributed by atoms with Crippen molar-refractivity contribution in [1.82, 2.24) is 38.9 Å².